The van der Waals surface area contributed by atoms with E-state index in [-0.39, 0.29) is 6.10 Å². The molecule has 1 aromatic heterocycles. The van der Waals surface area contributed by atoms with E-state index < -0.39 is 0 Å². The minimum Gasteiger partial charge on any atom is -0.390 e. The molecule has 0 radical (unpaired) electrons. The van der Waals surface area contributed by atoms with Gasteiger partial charge in [-0.15, -0.1) is 0 Å². The van der Waals surface area contributed by atoms with Gasteiger partial charge in [0, 0.05) is 44.6 Å². The maximum Gasteiger partial charge on any atom is 0.0791 e. The van der Waals surface area contributed by atoms with Gasteiger partial charge < -0.3 is 10.4 Å². The number of β-amino-alcohol motifs (C(OH)–C–C–N with tert-alkyl or cyclic N) is 1. The minimum absolute atomic E-state index is 0.276. The van der Waals surface area contributed by atoms with Crippen LogP contribution in [0.5, 0.6) is 0 Å². The maximum absolute atomic E-state index is 9.74. The first kappa shape index (κ1) is 11.5. The van der Waals surface area contributed by atoms with E-state index in [1.165, 1.54) is 5.56 Å². The standard InChI is InChI=1S/C12H19N3O/c1-10-5-14-7-12(16)9-15(10)8-11-3-2-4-13-6-11/h2-4,6,10,12,14,16H,5,7-9H2,1H3. The van der Waals surface area contributed by atoms with Crippen LogP contribution in [0.3, 0.4) is 0 Å². The Hall–Kier alpha value is -0.970. The molecule has 2 unspecified atom stereocenters. The van der Waals surface area contributed by atoms with Gasteiger partial charge in [0.2, 0.25) is 0 Å². The third-order valence-corrected chi connectivity index (χ3v) is 3.00. The Morgan fingerprint density at radius 1 is 1.56 bits per heavy atom. The van der Waals surface area contributed by atoms with Gasteiger partial charge in [-0.3, -0.25) is 9.88 Å². The number of hydrogen-bond donors (Lipinski definition) is 2. The van der Waals surface area contributed by atoms with Crippen molar-refractivity contribution in [1.82, 2.24) is 15.2 Å². The molecule has 2 heterocycles. The van der Waals surface area contributed by atoms with E-state index in [1.807, 2.05) is 12.3 Å². The van der Waals surface area contributed by atoms with Crippen LogP contribution in [0, 0.1) is 0 Å². The van der Waals surface area contributed by atoms with Crippen molar-refractivity contribution >= 4 is 0 Å². The van der Waals surface area contributed by atoms with E-state index in [1.54, 1.807) is 6.20 Å². The molecule has 0 saturated carbocycles. The number of aliphatic hydroxyl groups is 1. The Bertz CT molecular complexity index is 317. The van der Waals surface area contributed by atoms with Crippen LogP contribution >= 0.6 is 0 Å². The predicted octanol–water partition coefficient (Wildman–Crippen LogP) is 0.236. The number of rotatable bonds is 2. The zero-order valence-corrected chi connectivity index (χ0v) is 9.63. The quantitative estimate of drug-likeness (QED) is 0.751. The lowest BCUT2D eigenvalue weighted by Crippen LogP contribution is -2.38. The smallest absolute Gasteiger partial charge is 0.0791 e. The van der Waals surface area contributed by atoms with Crippen molar-refractivity contribution in [1.29, 1.82) is 0 Å². The maximum atomic E-state index is 9.74. The van der Waals surface area contributed by atoms with Crippen molar-refractivity contribution in [2.24, 2.45) is 0 Å². The lowest BCUT2D eigenvalue weighted by molar-refractivity contribution is 0.109. The summed E-state index contributed by atoms with van der Waals surface area (Å²) in [6, 6.07) is 4.47. The first-order chi connectivity index (χ1) is 7.75. The molecule has 1 aliphatic heterocycles. The third kappa shape index (κ3) is 3.01. The van der Waals surface area contributed by atoms with E-state index in [0.29, 0.717) is 12.6 Å². The fourth-order valence-corrected chi connectivity index (χ4v) is 2.05. The minimum atomic E-state index is -0.276. The van der Waals surface area contributed by atoms with Crippen LogP contribution in [0.1, 0.15) is 12.5 Å². The number of nitrogens with zero attached hydrogens (tertiary/aromatic N) is 2. The summed E-state index contributed by atoms with van der Waals surface area (Å²) < 4.78 is 0. The molecule has 1 fully saturated rings. The van der Waals surface area contributed by atoms with Gasteiger partial charge in [0.1, 0.15) is 0 Å². The second kappa shape index (κ2) is 5.39. The van der Waals surface area contributed by atoms with Crippen LogP contribution in [-0.4, -0.2) is 46.8 Å². The summed E-state index contributed by atoms with van der Waals surface area (Å²) in [4.78, 5) is 6.41. The Labute approximate surface area is 96.3 Å². The molecule has 0 spiro atoms. The number of aromatic nitrogens is 1. The Morgan fingerprint density at radius 3 is 3.19 bits per heavy atom. The topological polar surface area (TPSA) is 48.4 Å². The average Bonchev–Trinajstić information content (AvgIpc) is 2.43. The summed E-state index contributed by atoms with van der Waals surface area (Å²) in [6.45, 7) is 5.38. The lowest BCUT2D eigenvalue weighted by Gasteiger charge is -2.27. The monoisotopic (exact) mass is 221 g/mol. The van der Waals surface area contributed by atoms with Gasteiger partial charge in [-0.2, -0.15) is 0 Å². The second-order valence-corrected chi connectivity index (χ2v) is 4.45. The van der Waals surface area contributed by atoms with Gasteiger partial charge in [-0.05, 0) is 18.6 Å². The van der Waals surface area contributed by atoms with Gasteiger partial charge >= 0.3 is 0 Å². The molecule has 2 rings (SSSR count). The molecule has 0 aliphatic carbocycles. The van der Waals surface area contributed by atoms with Crippen LogP contribution in [0.25, 0.3) is 0 Å². The molecule has 1 aromatic rings. The van der Waals surface area contributed by atoms with E-state index in [4.69, 9.17) is 0 Å². The Morgan fingerprint density at radius 2 is 2.44 bits per heavy atom. The first-order valence-corrected chi connectivity index (χ1v) is 5.77. The average molecular weight is 221 g/mol. The van der Waals surface area contributed by atoms with E-state index in [9.17, 15) is 5.11 Å². The first-order valence-electron chi connectivity index (χ1n) is 5.77. The van der Waals surface area contributed by atoms with Crippen molar-refractivity contribution in [3.05, 3.63) is 30.1 Å². The molecule has 4 nitrogen and oxygen atoms in total. The van der Waals surface area contributed by atoms with Gasteiger partial charge in [0.25, 0.3) is 0 Å². The number of aliphatic hydroxyl groups excluding tert-OH is 1. The number of nitrogens with one attached hydrogen (secondary N) is 1. The highest BCUT2D eigenvalue weighted by Gasteiger charge is 2.21. The zero-order chi connectivity index (χ0) is 11.4. The van der Waals surface area contributed by atoms with Crippen LogP contribution in [0.4, 0.5) is 0 Å². The zero-order valence-electron chi connectivity index (χ0n) is 9.63. The van der Waals surface area contributed by atoms with Crippen molar-refractivity contribution < 1.29 is 5.11 Å². The van der Waals surface area contributed by atoms with Crippen molar-refractivity contribution in [2.45, 2.75) is 25.6 Å². The van der Waals surface area contributed by atoms with E-state index >= 15 is 0 Å². The van der Waals surface area contributed by atoms with Gasteiger partial charge in [-0.1, -0.05) is 6.07 Å². The van der Waals surface area contributed by atoms with Crippen LogP contribution in [-0.2, 0) is 6.54 Å². The van der Waals surface area contributed by atoms with Crippen molar-refractivity contribution in [2.75, 3.05) is 19.6 Å². The fraction of sp³-hybridized carbons (Fsp3) is 0.583. The summed E-state index contributed by atoms with van der Waals surface area (Å²) in [5.74, 6) is 0. The molecule has 2 atom stereocenters. The highest BCUT2D eigenvalue weighted by atomic mass is 16.3. The molecule has 0 bridgehead atoms. The highest BCUT2D eigenvalue weighted by Crippen LogP contribution is 2.09. The molecule has 4 heteroatoms. The van der Waals surface area contributed by atoms with E-state index in [2.05, 4.69) is 28.2 Å². The van der Waals surface area contributed by atoms with Crippen LogP contribution in [0.15, 0.2) is 24.5 Å². The second-order valence-electron chi connectivity index (χ2n) is 4.45. The largest absolute Gasteiger partial charge is 0.390 e. The van der Waals surface area contributed by atoms with Crippen molar-refractivity contribution in [3.8, 4) is 0 Å². The molecule has 88 valence electrons. The normalized spacial score (nSPS) is 27.6. The Kier molecular flexibility index (Phi) is 3.88. The summed E-state index contributed by atoms with van der Waals surface area (Å²) in [6.07, 6.45) is 3.39. The summed E-state index contributed by atoms with van der Waals surface area (Å²) in [5, 5.41) is 13.0. The number of hydrogen-bond acceptors (Lipinski definition) is 4. The Balaban J connectivity index is 2.01. The molecule has 0 amide bonds. The van der Waals surface area contributed by atoms with Gasteiger partial charge in [-0.25, -0.2) is 0 Å². The molecular formula is C12H19N3O. The molecule has 2 N–H and O–H groups in total. The highest BCUT2D eigenvalue weighted by molar-refractivity contribution is 5.08. The summed E-state index contributed by atoms with van der Waals surface area (Å²) >= 11 is 0. The van der Waals surface area contributed by atoms with Gasteiger partial charge in [0.15, 0.2) is 0 Å². The van der Waals surface area contributed by atoms with Gasteiger partial charge in [0.05, 0.1) is 6.10 Å². The fourth-order valence-electron chi connectivity index (χ4n) is 2.05. The SMILES string of the molecule is CC1CNCC(O)CN1Cc1cccnc1. The molecule has 1 aliphatic rings. The van der Waals surface area contributed by atoms with E-state index in [0.717, 1.165) is 19.6 Å². The van der Waals surface area contributed by atoms with Crippen LogP contribution < -0.4 is 5.32 Å². The summed E-state index contributed by atoms with van der Waals surface area (Å²) in [7, 11) is 0. The molecular weight excluding hydrogens is 202 g/mol. The lowest BCUT2D eigenvalue weighted by atomic mass is 10.2. The van der Waals surface area contributed by atoms with Crippen LogP contribution in [0.2, 0.25) is 0 Å². The molecule has 1 saturated heterocycles. The van der Waals surface area contributed by atoms with Crippen molar-refractivity contribution in [3.63, 3.8) is 0 Å². The number of pyridine rings is 1. The third-order valence-electron chi connectivity index (χ3n) is 3.00. The molecule has 16 heavy (non-hydrogen) atoms. The predicted molar refractivity (Wildman–Crippen MR) is 63.0 cm³/mol. The molecule has 0 aromatic carbocycles. The summed E-state index contributed by atoms with van der Waals surface area (Å²) in [5.41, 5.74) is 1.20.